The summed E-state index contributed by atoms with van der Waals surface area (Å²) in [5.41, 5.74) is 3.94. The van der Waals surface area contributed by atoms with Crippen molar-refractivity contribution >= 4 is 17.7 Å². The molecule has 2 aromatic rings. The van der Waals surface area contributed by atoms with Gasteiger partial charge < -0.3 is 14.8 Å². The lowest BCUT2D eigenvalue weighted by Crippen LogP contribution is -2.40. The number of benzene rings is 1. The Kier molecular flexibility index (Phi) is 8.80. The number of hydrogen-bond acceptors (Lipinski definition) is 6. The third-order valence-electron chi connectivity index (χ3n) is 8.80. The lowest BCUT2D eigenvalue weighted by atomic mass is 9.75. The Labute approximate surface area is 230 Å². The second-order valence-electron chi connectivity index (χ2n) is 11.4. The molecule has 2 fully saturated rings. The van der Waals surface area contributed by atoms with Crippen LogP contribution in [0.2, 0.25) is 0 Å². The van der Waals surface area contributed by atoms with Crippen molar-refractivity contribution in [3.05, 3.63) is 52.3 Å². The summed E-state index contributed by atoms with van der Waals surface area (Å²) < 4.78 is 13.0. The average Bonchev–Trinajstić information content (AvgIpc) is 3.26. The molecule has 0 atom stereocenters. The minimum atomic E-state index is -0.367. The van der Waals surface area contributed by atoms with E-state index in [1.54, 1.807) is 24.3 Å². The van der Waals surface area contributed by atoms with Crippen molar-refractivity contribution in [3.63, 3.8) is 0 Å². The van der Waals surface area contributed by atoms with Gasteiger partial charge in [-0.15, -0.1) is 0 Å². The number of unbranched alkanes of at least 4 members (excludes halogenated alkanes) is 1. The lowest BCUT2D eigenvalue weighted by molar-refractivity contribution is 0.0160. The number of Topliss-reactive ketones (excluding diaryl/α,β-unsaturated/α-hetero) is 1. The molecule has 0 radical (unpaired) electrons. The number of aryl methyl sites for hydroxylation is 2. The summed E-state index contributed by atoms with van der Waals surface area (Å²) in [7, 11) is 0. The Morgan fingerprint density at radius 3 is 2.51 bits per heavy atom. The lowest BCUT2D eigenvalue weighted by Gasteiger charge is -2.36. The number of ether oxygens (including phenoxy) is 2. The van der Waals surface area contributed by atoms with E-state index in [9.17, 15) is 14.4 Å². The first-order valence-corrected chi connectivity index (χ1v) is 14.8. The van der Waals surface area contributed by atoms with Crippen LogP contribution in [0.4, 0.5) is 0 Å². The van der Waals surface area contributed by atoms with E-state index in [1.807, 2.05) is 11.6 Å². The van der Waals surface area contributed by atoms with Gasteiger partial charge in [0, 0.05) is 43.3 Å². The zero-order valence-corrected chi connectivity index (χ0v) is 23.1. The van der Waals surface area contributed by atoms with Gasteiger partial charge in [-0.05, 0) is 75.8 Å². The van der Waals surface area contributed by atoms with E-state index in [0.29, 0.717) is 42.9 Å². The number of aromatic nitrogens is 2. The van der Waals surface area contributed by atoms with Crippen LogP contribution in [0, 0.1) is 11.3 Å². The van der Waals surface area contributed by atoms with Crippen molar-refractivity contribution in [2.75, 3.05) is 26.4 Å². The molecule has 8 heteroatoms. The van der Waals surface area contributed by atoms with Gasteiger partial charge in [0.2, 0.25) is 0 Å². The van der Waals surface area contributed by atoms with Gasteiger partial charge in [-0.1, -0.05) is 31.4 Å². The molecule has 1 spiro atoms. The number of nitrogens with zero attached hydrogens (tertiary/aromatic N) is 2. The molecule has 0 unspecified atom stereocenters. The van der Waals surface area contributed by atoms with Crippen LogP contribution in [0.15, 0.2) is 24.3 Å². The van der Waals surface area contributed by atoms with E-state index in [4.69, 9.17) is 14.6 Å². The molecule has 5 rings (SSSR count). The van der Waals surface area contributed by atoms with E-state index in [-0.39, 0.29) is 29.0 Å². The topological polar surface area (TPSA) is 99.5 Å². The SMILES string of the molecule is CCn1nc(CCCCOC(=O)c2ccc(C(=O)C3CCCCC3)cc2)c2c1C(=O)NCC1(CCOCC1)C2. The highest BCUT2D eigenvalue weighted by Gasteiger charge is 2.39. The maximum atomic E-state index is 13.0. The van der Waals surface area contributed by atoms with Gasteiger partial charge in [-0.3, -0.25) is 14.3 Å². The fourth-order valence-corrected chi connectivity index (χ4v) is 6.38. The maximum Gasteiger partial charge on any atom is 0.338 e. The predicted octanol–water partition coefficient (Wildman–Crippen LogP) is 4.93. The number of carbonyl (C=O) groups excluding carboxylic acids is 3. The first-order chi connectivity index (χ1) is 19.0. The third-order valence-corrected chi connectivity index (χ3v) is 8.80. The molecule has 3 aliphatic rings. The average molecular weight is 536 g/mol. The summed E-state index contributed by atoms with van der Waals surface area (Å²) in [5.74, 6) is -0.0895. The highest BCUT2D eigenvalue weighted by Crippen LogP contribution is 2.38. The number of esters is 1. The van der Waals surface area contributed by atoms with E-state index in [1.165, 1.54) is 6.42 Å². The number of hydrogen-bond donors (Lipinski definition) is 1. The molecule has 210 valence electrons. The van der Waals surface area contributed by atoms with Crippen LogP contribution in [0.3, 0.4) is 0 Å². The van der Waals surface area contributed by atoms with Gasteiger partial charge in [-0.2, -0.15) is 5.10 Å². The van der Waals surface area contributed by atoms with Crippen LogP contribution >= 0.6 is 0 Å². The summed E-state index contributed by atoms with van der Waals surface area (Å²) in [6.45, 7) is 5.12. The molecule has 1 amide bonds. The van der Waals surface area contributed by atoms with E-state index in [2.05, 4.69) is 5.32 Å². The molecule has 3 heterocycles. The Bertz CT molecular complexity index is 1170. The number of amides is 1. The van der Waals surface area contributed by atoms with E-state index in [0.717, 1.165) is 82.3 Å². The summed E-state index contributed by atoms with van der Waals surface area (Å²) >= 11 is 0. The minimum Gasteiger partial charge on any atom is -0.462 e. The van der Waals surface area contributed by atoms with Crippen LogP contribution in [-0.4, -0.2) is 53.8 Å². The largest absolute Gasteiger partial charge is 0.462 e. The first-order valence-electron chi connectivity index (χ1n) is 14.8. The van der Waals surface area contributed by atoms with Crippen molar-refractivity contribution in [3.8, 4) is 0 Å². The summed E-state index contributed by atoms with van der Waals surface area (Å²) in [5, 5.41) is 7.95. The Morgan fingerprint density at radius 1 is 1.08 bits per heavy atom. The minimum absolute atomic E-state index is 0.0294. The van der Waals surface area contributed by atoms with Crippen LogP contribution in [0.25, 0.3) is 0 Å². The fraction of sp³-hybridized carbons (Fsp3) is 0.613. The summed E-state index contributed by atoms with van der Waals surface area (Å²) in [6, 6.07) is 6.90. The third kappa shape index (κ3) is 6.26. The highest BCUT2D eigenvalue weighted by molar-refractivity contribution is 5.99. The summed E-state index contributed by atoms with van der Waals surface area (Å²) in [4.78, 5) is 38.3. The second kappa shape index (κ2) is 12.5. The monoisotopic (exact) mass is 535 g/mol. The molecule has 1 N–H and O–H groups in total. The molecule has 8 nitrogen and oxygen atoms in total. The highest BCUT2D eigenvalue weighted by atomic mass is 16.5. The van der Waals surface area contributed by atoms with Gasteiger partial charge in [0.1, 0.15) is 5.69 Å². The molecule has 1 saturated carbocycles. The Balaban J connectivity index is 1.13. The van der Waals surface area contributed by atoms with Crippen LogP contribution in [0.5, 0.6) is 0 Å². The standard InChI is InChI=1S/C31H41N3O5/c1-2-34-27-25(20-31(21-32-29(27)36)15-18-38-19-16-31)26(33-34)10-6-7-17-39-30(37)24-13-11-23(12-14-24)28(35)22-8-4-3-5-9-22/h11-14,22H,2-10,15-21H2,1H3,(H,32,36). The molecular weight excluding hydrogens is 494 g/mol. The van der Waals surface area contributed by atoms with Crippen LogP contribution in [-0.2, 0) is 28.9 Å². The second-order valence-corrected chi connectivity index (χ2v) is 11.4. The Morgan fingerprint density at radius 2 is 1.79 bits per heavy atom. The number of nitrogens with one attached hydrogen (secondary N) is 1. The molecule has 0 bridgehead atoms. The first kappa shape index (κ1) is 27.6. The van der Waals surface area contributed by atoms with E-state index >= 15 is 0 Å². The predicted molar refractivity (Wildman–Crippen MR) is 147 cm³/mol. The zero-order chi connectivity index (χ0) is 27.2. The summed E-state index contributed by atoms with van der Waals surface area (Å²) in [6.07, 6.45) is 10.4. The Hall–Kier alpha value is -3.00. The van der Waals surface area contributed by atoms with Crippen molar-refractivity contribution < 1.29 is 23.9 Å². The molecule has 39 heavy (non-hydrogen) atoms. The van der Waals surface area contributed by atoms with Crippen molar-refractivity contribution in [1.82, 2.24) is 15.1 Å². The van der Waals surface area contributed by atoms with Gasteiger partial charge in [0.15, 0.2) is 5.78 Å². The van der Waals surface area contributed by atoms with E-state index < -0.39 is 0 Å². The molecule has 2 aliphatic heterocycles. The van der Waals surface area contributed by atoms with Gasteiger partial charge in [-0.25, -0.2) is 4.79 Å². The molecule has 1 aromatic heterocycles. The smallest absolute Gasteiger partial charge is 0.338 e. The van der Waals surface area contributed by atoms with Crippen molar-refractivity contribution in [2.45, 2.75) is 84.1 Å². The number of ketones is 1. The number of fused-ring (bicyclic) bond motifs is 1. The number of carbonyl (C=O) groups is 3. The van der Waals surface area contributed by atoms with Crippen LogP contribution < -0.4 is 5.32 Å². The normalized spacial score (nSPS) is 19.3. The number of rotatable bonds is 9. The van der Waals surface area contributed by atoms with Crippen LogP contribution in [0.1, 0.15) is 107 Å². The van der Waals surface area contributed by atoms with Gasteiger partial charge >= 0.3 is 5.97 Å². The molecule has 1 aromatic carbocycles. The molecular formula is C31H41N3O5. The van der Waals surface area contributed by atoms with Gasteiger partial charge in [0.25, 0.3) is 5.91 Å². The quantitative estimate of drug-likeness (QED) is 0.278. The van der Waals surface area contributed by atoms with Gasteiger partial charge in [0.05, 0.1) is 17.9 Å². The van der Waals surface area contributed by atoms with Crippen molar-refractivity contribution in [1.29, 1.82) is 0 Å². The molecule has 1 aliphatic carbocycles. The maximum absolute atomic E-state index is 13.0. The van der Waals surface area contributed by atoms with Crippen molar-refractivity contribution in [2.24, 2.45) is 11.3 Å². The zero-order valence-electron chi connectivity index (χ0n) is 23.1. The fourth-order valence-electron chi connectivity index (χ4n) is 6.38. The molecule has 1 saturated heterocycles.